The molecule has 4 rings (SSSR count). The number of sulfone groups is 1. The fraction of sp³-hybridized carbons (Fsp3) is 0.600. The minimum atomic E-state index is -2.83. The van der Waals surface area contributed by atoms with Crippen molar-refractivity contribution in [3.8, 4) is 0 Å². The van der Waals surface area contributed by atoms with Crippen molar-refractivity contribution in [2.75, 3.05) is 43.0 Å². The van der Waals surface area contributed by atoms with Crippen LogP contribution in [0.1, 0.15) is 31.7 Å². The van der Waals surface area contributed by atoms with Crippen molar-refractivity contribution in [2.24, 2.45) is 0 Å². The summed E-state index contributed by atoms with van der Waals surface area (Å²) >= 11 is 7.00. The van der Waals surface area contributed by atoms with E-state index in [4.69, 9.17) is 12.2 Å². The second-order valence-electron chi connectivity index (χ2n) is 8.43. The zero-order valence-electron chi connectivity index (χ0n) is 17.5. The van der Waals surface area contributed by atoms with Crippen LogP contribution in [0.3, 0.4) is 0 Å². The molecule has 1 N–H and O–H groups in total. The molecular weight excluding hydrogens is 438 g/mol. The Morgan fingerprint density at radius 3 is 2.50 bits per heavy atom. The van der Waals surface area contributed by atoms with Crippen LogP contribution >= 0.6 is 23.6 Å². The number of nitrogens with one attached hydrogen (secondary N) is 1. The first-order valence-corrected chi connectivity index (χ1v) is 13.5. The van der Waals surface area contributed by atoms with Gasteiger partial charge < -0.3 is 5.32 Å². The summed E-state index contributed by atoms with van der Waals surface area (Å²) in [7, 11) is -2.83. The number of hydrogen-bond acceptors (Lipinski definition) is 8. The molecule has 0 radical (unpaired) electrons. The first-order chi connectivity index (χ1) is 14.3. The average Bonchev–Trinajstić information content (AvgIpc) is 3.24. The lowest BCUT2D eigenvalue weighted by molar-refractivity contribution is 0.0812. The van der Waals surface area contributed by atoms with E-state index in [0.717, 1.165) is 47.4 Å². The zero-order valence-corrected chi connectivity index (χ0v) is 19.9. The number of piperazine rings is 1. The summed E-state index contributed by atoms with van der Waals surface area (Å²) in [6, 6.07) is 8.62. The number of aromatic nitrogens is 2. The van der Waals surface area contributed by atoms with Gasteiger partial charge in [-0.05, 0) is 42.3 Å². The summed E-state index contributed by atoms with van der Waals surface area (Å²) in [6.45, 7) is 8.62. The van der Waals surface area contributed by atoms with Crippen LogP contribution in [0.25, 0.3) is 0 Å². The normalized spacial score (nSPS) is 22.6. The van der Waals surface area contributed by atoms with E-state index in [-0.39, 0.29) is 6.04 Å². The molecular formula is C20H29N5O2S3. The van der Waals surface area contributed by atoms with E-state index in [0.29, 0.717) is 24.1 Å². The zero-order chi connectivity index (χ0) is 21.3. The third kappa shape index (κ3) is 5.28. The highest BCUT2D eigenvalue weighted by Crippen LogP contribution is 2.23. The van der Waals surface area contributed by atoms with E-state index in [9.17, 15) is 8.42 Å². The Balaban J connectivity index is 1.31. The molecule has 2 aromatic rings. The Morgan fingerprint density at radius 1 is 1.20 bits per heavy atom. The third-order valence-electron chi connectivity index (χ3n) is 5.90. The minimum Gasteiger partial charge on any atom is -0.330 e. The maximum absolute atomic E-state index is 11.7. The van der Waals surface area contributed by atoms with Gasteiger partial charge >= 0.3 is 0 Å². The van der Waals surface area contributed by atoms with E-state index in [1.807, 2.05) is 4.68 Å². The standard InChI is InChI=1S/C20H29N5O2S3/c1-15(2)16-3-5-17(6-4-16)21-19-22-25(20(28)29-19)14-23-8-10-24(11-9-23)18-7-12-30(26,27)13-18/h3-6,15,18H,7-14H2,1-2H3,(H,21,22). The van der Waals surface area contributed by atoms with Crippen LogP contribution in [0.15, 0.2) is 24.3 Å². The molecule has 7 nitrogen and oxygen atoms in total. The average molecular weight is 468 g/mol. The van der Waals surface area contributed by atoms with Crippen molar-refractivity contribution in [2.45, 2.75) is 38.9 Å². The highest BCUT2D eigenvalue weighted by molar-refractivity contribution is 7.91. The van der Waals surface area contributed by atoms with E-state index in [1.54, 1.807) is 0 Å². The van der Waals surface area contributed by atoms with Gasteiger partial charge in [0.2, 0.25) is 5.13 Å². The van der Waals surface area contributed by atoms with Crippen molar-refractivity contribution in [3.05, 3.63) is 33.8 Å². The van der Waals surface area contributed by atoms with Gasteiger partial charge in [-0.15, -0.1) is 5.10 Å². The molecule has 0 spiro atoms. The Morgan fingerprint density at radius 2 is 1.90 bits per heavy atom. The third-order valence-corrected chi connectivity index (χ3v) is 8.87. The molecule has 2 saturated heterocycles. The molecule has 1 aromatic carbocycles. The number of anilines is 2. The van der Waals surface area contributed by atoms with E-state index in [2.05, 4.69) is 58.3 Å². The van der Waals surface area contributed by atoms with Crippen molar-refractivity contribution in [3.63, 3.8) is 0 Å². The summed E-state index contributed by atoms with van der Waals surface area (Å²) in [4.78, 5) is 4.66. The molecule has 30 heavy (non-hydrogen) atoms. The van der Waals surface area contributed by atoms with Crippen LogP contribution < -0.4 is 5.32 Å². The number of nitrogens with zero attached hydrogens (tertiary/aromatic N) is 4. The molecule has 1 aromatic heterocycles. The second kappa shape index (κ2) is 9.04. The number of hydrogen-bond donors (Lipinski definition) is 1. The lowest BCUT2D eigenvalue weighted by Crippen LogP contribution is -2.50. The second-order valence-corrected chi connectivity index (χ2v) is 12.3. The molecule has 1 unspecified atom stereocenters. The quantitative estimate of drug-likeness (QED) is 0.654. The maximum atomic E-state index is 11.7. The fourth-order valence-electron chi connectivity index (χ4n) is 4.04. The molecule has 2 aliphatic rings. The lowest BCUT2D eigenvalue weighted by Gasteiger charge is -2.37. The SMILES string of the molecule is CC(C)c1ccc(Nc2nn(CN3CCN(C4CCS(=O)(=O)C4)CC3)c(=S)s2)cc1. The minimum absolute atomic E-state index is 0.191. The lowest BCUT2D eigenvalue weighted by atomic mass is 10.0. The summed E-state index contributed by atoms with van der Waals surface area (Å²) in [5.41, 5.74) is 2.32. The molecule has 3 heterocycles. The predicted molar refractivity (Wildman–Crippen MR) is 125 cm³/mol. The van der Waals surface area contributed by atoms with Gasteiger partial charge in [-0.25, -0.2) is 13.1 Å². The maximum Gasteiger partial charge on any atom is 0.209 e. The van der Waals surface area contributed by atoms with Gasteiger partial charge in [0.25, 0.3) is 0 Å². The first-order valence-electron chi connectivity index (χ1n) is 10.4. The van der Waals surface area contributed by atoms with Gasteiger partial charge in [0.15, 0.2) is 13.8 Å². The highest BCUT2D eigenvalue weighted by Gasteiger charge is 2.33. The molecule has 0 saturated carbocycles. The smallest absolute Gasteiger partial charge is 0.209 e. The van der Waals surface area contributed by atoms with Gasteiger partial charge in [0.1, 0.15) is 0 Å². The first kappa shape index (κ1) is 21.9. The summed E-state index contributed by atoms with van der Waals surface area (Å²) in [6.07, 6.45) is 0.770. The molecule has 2 fully saturated rings. The van der Waals surface area contributed by atoms with E-state index < -0.39 is 9.84 Å². The van der Waals surface area contributed by atoms with Crippen molar-refractivity contribution in [1.82, 2.24) is 19.6 Å². The van der Waals surface area contributed by atoms with Gasteiger partial charge in [0.05, 0.1) is 18.2 Å². The van der Waals surface area contributed by atoms with Crippen LogP contribution in [-0.2, 0) is 16.5 Å². The Labute approximate surface area is 187 Å². The van der Waals surface area contributed by atoms with Crippen molar-refractivity contribution in [1.29, 1.82) is 0 Å². The predicted octanol–water partition coefficient (Wildman–Crippen LogP) is 3.30. The molecule has 10 heteroatoms. The Bertz CT molecular complexity index is 1020. The Kier molecular flexibility index (Phi) is 6.59. The highest BCUT2D eigenvalue weighted by atomic mass is 32.2. The van der Waals surface area contributed by atoms with Crippen molar-refractivity contribution >= 4 is 44.2 Å². The Hall–Kier alpha value is -1.33. The molecule has 0 aliphatic carbocycles. The van der Waals surface area contributed by atoms with Crippen molar-refractivity contribution < 1.29 is 8.42 Å². The van der Waals surface area contributed by atoms with Gasteiger partial charge in [-0.1, -0.05) is 37.3 Å². The van der Waals surface area contributed by atoms with Gasteiger partial charge in [-0.2, -0.15) is 0 Å². The van der Waals surface area contributed by atoms with E-state index >= 15 is 0 Å². The summed E-state index contributed by atoms with van der Waals surface area (Å²) < 4.78 is 26.1. The largest absolute Gasteiger partial charge is 0.330 e. The molecule has 0 bridgehead atoms. The number of benzene rings is 1. The fourth-order valence-corrected chi connectivity index (χ4v) is 6.82. The topological polar surface area (TPSA) is 70.5 Å². The van der Waals surface area contributed by atoms with Gasteiger partial charge in [-0.3, -0.25) is 9.80 Å². The van der Waals surface area contributed by atoms with Crippen LogP contribution in [0.4, 0.5) is 10.8 Å². The molecule has 164 valence electrons. The van der Waals surface area contributed by atoms with Crippen LogP contribution in [-0.4, -0.2) is 71.7 Å². The van der Waals surface area contributed by atoms with E-state index in [1.165, 1.54) is 16.9 Å². The molecule has 2 aliphatic heterocycles. The van der Waals surface area contributed by atoms with Gasteiger partial charge in [0, 0.05) is 37.9 Å². The van der Waals surface area contributed by atoms with Crippen LogP contribution in [0.2, 0.25) is 0 Å². The number of rotatable bonds is 6. The molecule has 1 atom stereocenters. The van der Waals surface area contributed by atoms with Crippen LogP contribution in [0, 0.1) is 3.95 Å². The van der Waals surface area contributed by atoms with Crippen LogP contribution in [0.5, 0.6) is 0 Å². The summed E-state index contributed by atoms with van der Waals surface area (Å²) in [5.74, 6) is 1.16. The monoisotopic (exact) mass is 467 g/mol. The summed E-state index contributed by atoms with van der Waals surface area (Å²) in [5, 5.41) is 8.81. The molecule has 0 amide bonds.